The number of benzene rings is 3. The molecule has 33 heavy (non-hydrogen) atoms. The van der Waals surface area contributed by atoms with Gasteiger partial charge in [-0.15, -0.1) is 0 Å². The van der Waals surface area contributed by atoms with Crippen molar-refractivity contribution in [1.29, 1.82) is 0 Å². The number of methoxy groups -OCH3 is 1. The van der Waals surface area contributed by atoms with Gasteiger partial charge in [-0.2, -0.15) is 0 Å². The number of carbonyl (C=O) groups excluding carboxylic acids is 2. The smallest absolute Gasteiger partial charge is 0.347 e. The maximum Gasteiger partial charge on any atom is 0.347 e. The Morgan fingerprint density at radius 3 is 2.00 bits per heavy atom. The maximum atomic E-state index is 12.7. The summed E-state index contributed by atoms with van der Waals surface area (Å²) in [4.78, 5) is 35.1. The van der Waals surface area contributed by atoms with E-state index < -0.39 is 16.9 Å². The molecule has 170 valence electrons. The fourth-order valence-electron chi connectivity index (χ4n) is 2.75. The van der Waals surface area contributed by atoms with Crippen molar-refractivity contribution in [2.75, 3.05) is 13.7 Å². The third-order valence-electron chi connectivity index (χ3n) is 4.43. The molecule has 0 aliphatic heterocycles. The molecule has 0 spiro atoms. The molecular formula is C24H21NO8. The predicted molar refractivity (Wildman–Crippen MR) is 118 cm³/mol. The summed E-state index contributed by atoms with van der Waals surface area (Å²) in [6.45, 7) is 2.38. The van der Waals surface area contributed by atoms with E-state index in [1.807, 2.05) is 6.92 Å². The second-order valence-corrected chi connectivity index (χ2v) is 6.76. The predicted octanol–water partition coefficient (Wildman–Crippen LogP) is 4.83. The van der Waals surface area contributed by atoms with Crippen LogP contribution >= 0.6 is 0 Å². The van der Waals surface area contributed by atoms with E-state index in [1.165, 1.54) is 55.6 Å². The molecule has 0 amide bonds. The lowest BCUT2D eigenvalue weighted by molar-refractivity contribution is -0.384. The SMILES string of the molecule is CCCOc1cc(OC)ccc1C(=O)Oc1ccc(C(=O)Oc2ccc([N+](=O)[O-])cc2)cc1. The molecule has 0 N–H and O–H groups in total. The Balaban J connectivity index is 1.67. The summed E-state index contributed by atoms with van der Waals surface area (Å²) in [7, 11) is 1.52. The Bertz CT molecular complexity index is 1140. The minimum absolute atomic E-state index is 0.110. The van der Waals surface area contributed by atoms with Gasteiger partial charge in [0.25, 0.3) is 5.69 Å². The number of rotatable bonds is 9. The number of non-ortho nitro benzene ring substituents is 1. The minimum atomic E-state index is -0.660. The van der Waals surface area contributed by atoms with Gasteiger partial charge in [0.2, 0.25) is 0 Å². The van der Waals surface area contributed by atoms with Gasteiger partial charge in [0.15, 0.2) is 0 Å². The average Bonchev–Trinajstić information content (AvgIpc) is 2.83. The fourth-order valence-corrected chi connectivity index (χ4v) is 2.75. The Hall–Kier alpha value is -4.40. The summed E-state index contributed by atoms with van der Waals surface area (Å²) in [6, 6.07) is 15.8. The molecule has 3 rings (SSSR count). The van der Waals surface area contributed by atoms with Gasteiger partial charge in [-0.3, -0.25) is 10.1 Å². The van der Waals surface area contributed by atoms with E-state index in [1.54, 1.807) is 18.2 Å². The lowest BCUT2D eigenvalue weighted by Crippen LogP contribution is -2.12. The highest BCUT2D eigenvalue weighted by atomic mass is 16.6. The van der Waals surface area contributed by atoms with E-state index in [-0.39, 0.29) is 28.3 Å². The normalized spacial score (nSPS) is 10.2. The van der Waals surface area contributed by atoms with Crippen LogP contribution in [0.3, 0.4) is 0 Å². The Labute approximate surface area is 189 Å². The molecule has 9 nitrogen and oxygen atoms in total. The van der Waals surface area contributed by atoms with Crippen LogP contribution in [0.15, 0.2) is 66.7 Å². The highest BCUT2D eigenvalue weighted by Gasteiger charge is 2.17. The van der Waals surface area contributed by atoms with Gasteiger partial charge in [0.1, 0.15) is 28.6 Å². The van der Waals surface area contributed by atoms with E-state index in [4.69, 9.17) is 18.9 Å². The number of hydrogen-bond donors (Lipinski definition) is 0. The van der Waals surface area contributed by atoms with Gasteiger partial charge in [-0.1, -0.05) is 6.92 Å². The van der Waals surface area contributed by atoms with Crippen molar-refractivity contribution < 1.29 is 33.5 Å². The fraction of sp³-hybridized carbons (Fsp3) is 0.167. The van der Waals surface area contributed by atoms with Crippen molar-refractivity contribution in [1.82, 2.24) is 0 Å². The molecule has 0 saturated carbocycles. The number of nitro groups is 1. The largest absolute Gasteiger partial charge is 0.497 e. The topological polar surface area (TPSA) is 114 Å². The summed E-state index contributed by atoms with van der Waals surface area (Å²) < 4.78 is 21.4. The first kappa shape index (κ1) is 23.3. The summed E-state index contributed by atoms with van der Waals surface area (Å²) in [6.07, 6.45) is 0.767. The van der Waals surface area contributed by atoms with Gasteiger partial charge >= 0.3 is 11.9 Å². The first-order chi connectivity index (χ1) is 15.9. The van der Waals surface area contributed by atoms with Crippen molar-refractivity contribution in [3.05, 3.63) is 88.0 Å². The Kier molecular flexibility index (Phi) is 7.59. The maximum absolute atomic E-state index is 12.7. The molecule has 0 bridgehead atoms. The second-order valence-electron chi connectivity index (χ2n) is 6.76. The average molecular weight is 451 g/mol. The van der Waals surface area contributed by atoms with Gasteiger partial charge < -0.3 is 18.9 Å². The number of carbonyl (C=O) groups is 2. The van der Waals surface area contributed by atoms with E-state index >= 15 is 0 Å². The molecule has 0 atom stereocenters. The zero-order chi connectivity index (χ0) is 23.8. The van der Waals surface area contributed by atoms with Crippen LogP contribution in [0.2, 0.25) is 0 Å². The van der Waals surface area contributed by atoms with Gasteiger partial charge in [-0.25, -0.2) is 9.59 Å². The zero-order valence-electron chi connectivity index (χ0n) is 18.0. The monoisotopic (exact) mass is 451 g/mol. The van der Waals surface area contributed by atoms with Crippen LogP contribution < -0.4 is 18.9 Å². The number of hydrogen-bond acceptors (Lipinski definition) is 8. The molecular weight excluding hydrogens is 430 g/mol. The van der Waals surface area contributed by atoms with Gasteiger partial charge in [0.05, 0.1) is 24.2 Å². The first-order valence-corrected chi connectivity index (χ1v) is 10.0. The van der Waals surface area contributed by atoms with Crippen LogP contribution in [0.1, 0.15) is 34.1 Å². The summed E-state index contributed by atoms with van der Waals surface area (Å²) >= 11 is 0. The van der Waals surface area contributed by atoms with Crippen LogP contribution in [0.5, 0.6) is 23.0 Å². The van der Waals surface area contributed by atoms with Crippen molar-refractivity contribution in [3.8, 4) is 23.0 Å². The molecule has 0 fully saturated rings. The lowest BCUT2D eigenvalue weighted by Gasteiger charge is -2.12. The van der Waals surface area contributed by atoms with Crippen molar-refractivity contribution in [2.24, 2.45) is 0 Å². The third kappa shape index (κ3) is 6.07. The van der Waals surface area contributed by atoms with Crippen molar-refractivity contribution in [3.63, 3.8) is 0 Å². The minimum Gasteiger partial charge on any atom is -0.497 e. The summed E-state index contributed by atoms with van der Waals surface area (Å²) in [5, 5.41) is 10.7. The molecule has 3 aromatic rings. The lowest BCUT2D eigenvalue weighted by atomic mass is 10.2. The number of nitro benzene ring substituents is 1. The Morgan fingerprint density at radius 2 is 1.42 bits per heavy atom. The van der Waals surface area contributed by atoms with Crippen LogP contribution in [0, 0.1) is 10.1 Å². The first-order valence-electron chi connectivity index (χ1n) is 10.0. The molecule has 0 radical (unpaired) electrons. The van der Waals surface area contributed by atoms with E-state index in [0.717, 1.165) is 6.42 Å². The highest BCUT2D eigenvalue weighted by Crippen LogP contribution is 2.27. The van der Waals surface area contributed by atoms with Gasteiger partial charge in [-0.05, 0) is 55.0 Å². The van der Waals surface area contributed by atoms with Crippen LogP contribution in [-0.4, -0.2) is 30.6 Å². The summed E-state index contributed by atoms with van der Waals surface area (Å²) in [5.74, 6) is 0.0134. The van der Waals surface area contributed by atoms with Crippen LogP contribution in [0.4, 0.5) is 5.69 Å². The van der Waals surface area contributed by atoms with Crippen LogP contribution in [-0.2, 0) is 0 Å². The van der Waals surface area contributed by atoms with E-state index in [2.05, 4.69) is 0 Å². The van der Waals surface area contributed by atoms with Gasteiger partial charge in [0, 0.05) is 18.2 Å². The van der Waals surface area contributed by atoms with Crippen molar-refractivity contribution in [2.45, 2.75) is 13.3 Å². The quantitative estimate of drug-likeness (QED) is 0.197. The molecule has 9 heteroatoms. The molecule has 0 aliphatic rings. The molecule has 0 unspecified atom stereocenters. The number of nitrogens with zero attached hydrogens (tertiary/aromatic N) is 1. The van der Waals surface area contributed by atoms with E-state index in [9.17, 15) is 19.7 Å². The van der Waals surface area contributed by atoms with Crippen LogP contribution in [0.25, 0.3) is 0 Å². The molecule has 0 aliphatic carbocycles. The highest BCUT2D eigenvalue weighted by molar-refractivity contribution is 5.94. The molecule has 0 heterocycles. The van der Waals surface area contributed by atoms with Crippen molar-refractivity contribution >= 4 is 17.6 Å². The second kappa shape index (κ2) is 10.8. The number of esters is 2. The molecule has 0 aromatic heterocycles. The summed E-state index contributed by atoms with van der Waals surface area (Å²) in [5.41, 5.74) is 0.344. The number of ether oxygens (including phenoxy) is 4. The molecule has 3 aromatic carbocycles. The molecule has 0 saturated heterocycles. The standard InChI is InChI=1S/C24H21NO8/c1-3-14-31-22-15-20(30-2)12-13-21(22)24(27)33-18-8-4-16(5-9-18)23(26)32-19-10-6-17(7-11-19)25(28)29/h4-13,15H,3,14H2,1-2H3. The van der Waals surface area contributed by atoms with E-state index in [0.29, 0.717) is 18.1 Å². The third-order valence-corrected chi connectivity index (χ3v) is 4.43. The Morgan fingerprint density at radius 1 is 0.848 bits per heavy atom. The zero-order valence-corrected chi connectivity index (χ0v) is 18.0.